The van der Waals surface area contributed by atoms with Gasteiger partial charge in [-0.15, -0.1) is 5.10 Å². The lowest BCUT2D eigenvalue weighted by Gasteiger charge is -2.08. The van der Waals surface area contributed by atoms with Crippen molar-refractivity contribution in [3.63, 3.8) is 0 Å². The van der Waals surface area contributed by atoms with Crippen molar-refractivity contribution in [3.8, 4) is 0 Å². The number of hydrogen-bond acceptors (Lipinski definition) is 4. The van der Waals surface area contributed by atoms with Crippen LogP contribution in [0.25, 0.3) is 0 Å². The van der Waals surface area contributed by atoms with E-state index >= 15 is 0 Å². The Morgan fingerprint density at radius 3 is 2.53 bits per heavy atom. The molecule has 0 spiro atoms. The summed E-state index contributed by atoms with van der Waals surface area (Å²) in [6.45, 7) is 6.98. The van der Waals surface area contributed by atoms with E-state index in [4.69, 9.17) is 0 Å². The van der Waals surface area contributed by atoms with Crippen LogP contribution >= 0.6 is 0 Å². The third kappa shape index (κ3) is 3.50. The van der Waals surface area contributed by atoms with E-state index in [1.165, 1.54) is 11.1 Å². The molecule has 0 aliphatic carbocycles. The molecule has 0 unspecified atom stereocenters. The lowest BCUT2D eigenvalue weighted by molar-refractivity contribution is 0.819. The maximum absolute atomic E-state index is 4.51. The fraction of sp³-hybridized carbons (Fsp3) is 0.400. The first kappa shape index (κ1) is 13.5. The van der Waals surface area contributed by atoms with Gasteiger partial charge in [-0.05, 0) is 25.3 Å². The van der Waals surface area contributed by atoms with Gasteiger partial charge in [-0.25, -0.2) is 4.98 Å². The molecule has 4 nitrogen and oxygen atoms in total. The van der Waals surface area contributed by atoms with E-state index in [2.05, 4.69) is 65.5 Å². The molecule has 0 aliphatic heterocycles. The van der Waals surface area contributed by atoms with Gasteiger partial charge in [0.1, 0.15) is 0 Å². The Labute approximate surface area is 114 Å². The molecule has 0 amide bonds. The average Bonchev–Trinajstić information content (AvgIpc) is 2.45. The first-order valence-electron chi connectivity index (χ1n) is 6.74. The largest absolute Gasteiger partial charge is 0.349 e. The maximum atomic E-state index is 4.51. The average molecular weight is 256 g/mol. The Morgan fingerprint density at radius 2 is 1.84 bits per heavy atom. The Bertz CT molecular complexity index is 552. The summed E-state index contributed by atoms with van der Waals surface area (Å²) < 4.78 is 0. The molecule has 0 aliphatic rings. The van der Waals surface area contributed by atoms with E-state index < -0.39 is 0 Å². The van der Waals surface area contributed by atoms with Crippen LogP contribution in [0, 0.1) is 6.92 Å². The zero-order valence-electron chi connectivity index (χ0n) is 11.8. The minimum atomic E-state index is 0.607. The molecule has 0 bridgehead atoms. The molecule has 0 atom stereocenters. The first-order valence-corrected chi connectivity index (χ1v) is 6.74. The van der Waals surface area contributed by atoms with Crippen LogP contribution in [0.15, 0.2) is 24.3 Å². The number of nitrogens with one attached hydrogen (secondary N) is 1. The zero-order valence-corrected chi connectivity index (χ0v) is 11.8. The molecule has 2 rings (SSSR count). The van der Waals surface area contributed by atoms with Crippen LogP contribution < -0.4 is 5.32 Å². The molecule has 0 saturated heterocycles. The maximum Gasteiger partial charge on any atom is 0.243 e. The van der Waals surface area contributed by atoms with Crippen LogP contribution in [0.2, 0.25) is 0 Å². The minimum absolute atomic E-state index is 0.607. The smallest absolute Gasteiger partial charge is 0.243 e. The van der Waals surface area contributed by atoms with Crippen molar-refractivity contribution in [1.82, 2.24) is 15.2 Å². The summed E-state index contributed by atoms with van der Waals surface area (Å²) in [6, 6.07) is 8.39. The summed E-state index contributed by atoms with van der Waals surface area (Å²) in [5, 5.41) is 11.6. The van der Waals surface area contributed by atoms with E-state index in [-0.39, 0.29) is 0 Å². The van der Waals surface area contributed by atoms with Crippen LogP contribution in [0.5, 0.6) is 0 Å². The van der Waals surface area contributed by atoms with Gasteiger partial charge in [-0.1, -0.05) is 43.7 Å². The SMILES string of the molecule is CCc1nnc(NCc2cccc(C)c2)nc1CC. The van der Waals surface area contributed by atoms with Gasteiger partial charge in [0.25, 0.3) is 0 Å². The highest BCUT2D eigenvalue weighted by atomic mass is 15.2. The lowest BCUT2D eigenvalue weighted by atomic mass is 10.1. The Hall–Kier alpha value is -1.97. The fourth-order valence-corrected chi connectivity index (χ4v) is 2.02. The Kier molecular flexibility index (Phi) is 4.44. The predicted octanol–water partition coefficient (Wildman–Crippen LogP) is 2.92. The second-order valence-corrected chi connectivity index (χ2v) is 4.58. The van der Waals surface area contributed by atoms with E-state index in [1.807, 2.05) is 0 Å². The van der Waals surface area contributed by atoms with Crippen LogP contribution in [0.3, 0.4) is 0 Å². The van der Waals surface area contributed by atoms with Crippen molar-refractivity contribution in [1.29, 1.82) is 0 Å². The van der Waals surface area contributed by atoms with Gasteiger partial charge in [-0.2, -0.15) is 5.10 Å². The van der Waals surface area contributed by atoms with Gasteiger partial charge in [0.2, 0.25) is 5.95 Å². The van der Waals surface area contributed by atoms with Gasteiger partial charge >= 0.3 is 0 Å². The summed E-state index contributed by atoms with van der Waals surface area (Å²) in [7, 11) is 0. The summed E-state index contributed by atoms with van der Waals surface area (Å²) in [5.74, 6) is 0.607. The van der Waals surface area contributed by atoms with E-state index in [0.717, 1.165) is 30.8 Å². The van der Waals surface area contributed by atoms with Crippen molar-refractivity contribution < 1.29 is 0 Å². The topological polar surface area (TPSA) is 50.7 Å². The van der Waals surface area contributed by atoms with Crippen LogP contribution in [-0.4, -0.2) is 15.2 Å². The highest BCUT2D eigenvalue weighted by molar-refractivity contribution is 5.30. The molecule has 1 aromatic heterocycles. The van der Waals surface area contributed by atoms with E-state index in [1.54, 1.807) is 0 Å². The molecular weight excluding hydrogens is 236 g/mol. The predicted molar refractivity (Wildman–Crippen MR) is 77.1 cm³/mol. The molecule has 1 aromatic carbocycles. The highest BCUT2D eigenvalue weighted by Crippen LogP contribution is 2.09. The van der Waals surface area contributed by atoms with E-state index in [0.29, 0.717) is 5.95 Å². The van der Waals surface area contributed by atoms with E-state index in [9.17, 15) is 0 Å². The molecule has 4 heteroatoms. The number of rotatable bonds is 5. The third-order valence-electron chi connectivity index (χ3n) is 3.04. The fourth-order valence-electron chi connectivity index (χ4n) is 2.02. The second-order valence-electron chi connectivity index (χ2n) is 4.58. The zero-order chi connectivity index (χ0) is 13.7. The van der Waals surface area contributed by atoms with Gasteiger partial charge in [0.15, 0.2) is 0 Å². The molecular formula is C15H20N4. The van der Waals surface area contributed by atoms with Gasteiger partial charge in [0, 0.05) is 6.54 Å². The van der Waals surface area contributed by atoms with Gasteiger partial charge < -0.3 is 5.32 Å². The number of hydrogen-bond donors (Lipinski definition) is 1. The molecule has 1 heterocycles. The number of anilines is 1. The minimum Gasteiger partial charge on any atom is -0.349 e. The molecule has 0 radical (unpaired) electrons. The first-order chi connectivity index (χ1) is 9.22. The van der Waals surface area contributed by atoms with Crippen molar-refractivity contribution in [2.75, 3.05) is 5.32 Å². The van der Waals surface area contributed by atoms with Gasteiger partial charge in [-0.3, -0.25) is 0 Å². The van der Waals surface area contributed by atoms with Crippen LogP contribution in [0.1, 0.15) is 36.4 Å². The van der Waals surface area contributed by atoms with Crippen LogP contribution in [0.4, 0.5) is 5.95 Å². The second kappa shape index (κ2) is 6.27. The molecule has 2 aromatic rings. The van der Waals surface area contributed by atoms with Crippen molar-refractivity contribution in [2.45, 2.75) is 40.2 Å². The van der Waals surface area contributed by atoms with Crippen molar-refractivity contribution in [3.05, 3.63) is 46.8 Å². The number of nitrogens with zero attached hydrogens (tertiary/aromatic N) is 3. The summed E-state index contributed by atoms with van der Waals surface area (Å²) in [5.41, 5.74) is 4.50. The number of aryl methyl sites for hydroxylation is 3. The molecule has 0 saturated carbocycles. The summed E-state index contributed by atoms with van der Waals surface area (Å²) in [6.07, 6.45) is 1.76. The van der Waals surface area contributed by atoms with Crippen molar-refractivity contribution in [2.24, 2.45) is 0 Å². The normalized spacial score (nSPS) is 10.5. The van der Waals surface area contributed by atoms with Crippen LogP contribution in [-0.2, 0) is 19.4 Å². The summed E-state index contributed by atoms with van der Waals surface area (Å²) >= 11 is 0. The lowest BCUT2D eigenvalue weighted by Crippen LogP contribution is -2.09. The Balaban J connectivity index is 2.07. The molecule has 0 fully saturated rings. The quantitative estimate of drug-likeness (QED) is 0.893. The molecule has 19 heavy (non-hydrogen) atoms. The molecule has 1 N–H and O–H groups in total. The standard InChI is InChI=1S/C15H20N4/c1-4-13-14(5-2)18-19-15(17-13)16-10-12-8-6-7-11(3)9-12/h6-9H,4-5,10H2,1-3H3,(H,16,17,19). The monoisotopic (exact) mass is 256 g/mol. The summed E-state index contributed by atoms with van der Waals surface area (Å²) in [4.78, 5) is 4.51. The van der Waals surface area contributed by atoms with Crippen molar-refractivity contribution >= 4 is 5.95 Å². The Morgan fingerprint density at radius 1 is 1.05 bits per heavy atom. The third-order valence-corrected chi connectivity index (χ3v) is 3.04. The van der Waals surface area contributed by atoms with Gasteiger partial charge in [0.05, 0.1) is 11.4 Å². The number of aromatic nitrogens is 3. The molecule has 100 valence electrons. The number of benzene rings is 1. The highest BCUT2D eigenvalue weighted by Gasteiger charge is 2.05.